The number of rotatable bonds is 7. The molecule has 0 radical (unpaired) electrons. The van der Waals surface area contributed by atoms with Crippen molar-refractivity contribution in [2.45, 2.75) is 31.0 Å². The number of alkyl halides is 1. The SMILES string of the molecule is COCC(Br)CCNC(=O)c1snnc1C(C)C. The maximum Gasteiger partial charge on any atom is 0.264 e. The minimum Gasteiger partial charge on any atom is -0.384 e. The van der Waals surface area contributed by atoms with Gasteiger partial charge in [-0.3, -0.25) is 4.79 Å². The Bertz CT molecular complexity index is 384. The van der Waals surface area contributed by atoms with Gasteiger partial charge in [0.15, 0.2) is 0 Å². The van der Waals surface area contributed by atoms with Gasteiger partial charge in [0.25, 0.3) is 5.91 Å². The third-order valence-corrected chi connectivity index (χ3v) is 3.82. The van der Waals surface area contributed by atoms with Crippen LogP contribution in [-0.2, 0) is 4.74 Å². The zero-order chi connectivity index (χ0) is 13.5. The number of ether oxygens (including phenoxy) is 1. The molecule has 0 aliphatic rings. The fraction of sp³-hybridized carbons (Fsp3) is 0.727. The normalized spacial score (nSPS) is 12.7. The second-order valence-electron chi connectivity index (χ2n) is 4.24. The van der Waals surface area contributed by atoms with Gasteiger partial charge in [-0.15, -0.1) is 5.10 Å². The smallest absolute Gasteiger partial charge is 0.264 e. The Morgan fingerprint density at radius 3 is 2.89 bits per heavy atom. The van der Waals surface area contributed by atoms with E-state index in [0.717, 1.165) is 23.6 Å². The Balaban J connectivity index is 2.43. The first-order valence-electron chi connectivity index (χ1n) is 5.79. The molecule has 0 fully saturated rings. The van der Waals surface area contributed by atoms with Gasteiger partial charge in [0.05, 0.1) is 12.3 Å². The van der Waals surface area contributed by atoms with Crippen LogP contribution in [-0.4, -0.2) is 40.6 Å². The van der Waals surface area contributed by atoms with Crippen molar-refractivity contribution in [3.8, 4) is 0 Å². The summed E-state index contributed by atoms with van der Waals surface area (Å²) in [5.74, 6) is 0.118. The van der Waals surface area contributed by atoms with Crippen LogP contribution in [0.3, 0.4) is 0 Å². The van der Waals surface area contributed by atoms with E-state index in [0.29, 0.717) is 18.0 Å². The van der Waals surface area contributed by atoms with E-state index in [1.807, 2.05) is 13.8 Å². The Labute approximate surface area is 120 Å². The fourth-order valence-electron chi connectivity index (χ4n) is 1.42. The lowest BCUT2D eigenvalue weighted by Gasteiger charge is -2.09. The van der Waals surface area contributed by atoms with Crippen LogP contribution in [0.25, 0.3) is 0 Å². The predicted molar refractivity (Wildman–Crippen MR) is 75.5 cm³/mol. The topological polar surface area (TPSA) is 64.1 Å². The molecule has 0 aromatic carbocycles. The van der Waals surface area contributed by atoms with Crippen molar-refractivity contribution in [1.29, 1.82) is 0 Å². The molecule has 1 atom stereocenters. The molecule has 1 unspecified atom stereocenters. The summed E-state index contributed by atoms with van der Waals surface area (Å²) in [6, 6.07) is 0. The molecule has 0 bridgehead atoms. The zero-order valence-corrected chi connectivity index (χ0v) is 13.2. The number of amides is 1. The van der Waals surface area contributed by atoms with Crippen molar-refractivity contribution in [3.63, 3.8) is 0 Å². The average molecular weight is 336 g/mol. The molecule has 1 N–H and O–H groups in total. The molecule has 5 nitrogen and oxygen atoms in total. The summed E-state index contributed by atoms with van der Waals surface area (Å²) in [6.07, 6.45) is 0.822. The van der Waals surface area contributed by atoms with Gasteiger partial charge in [-0.25, -0.2) is 0 Å². The first-order chi connectivity index (χ1) is 8.56. The minimum absolute atomic E-state index is 0.0918. The maximum atomic E-state index is 11.9. The van der Waals surface area contributed by atoms with Crippen LogP contribution >= 0.6 is 27.5 Å². The van der Waals surface area contributed by atoms with Crippen molar-refractivity contribution >= 4 is 33.4 Å². The molecule has 0 spiro atoms. The van der Waals surface area contributed by atoms with Crippen molar-refractivity contribution in [2.24, 2.45) is 0 Å². The number of nitrogens with zero attached hydrogens (tertiary/aromatic N) is 2. The molecule has 18 heavy (non-hydrogen) atoms. The Morgan fingerprint density at radius 2 is 2.28 bits per heavy atom. The Morgan fingerprint density at radius 1 is 1.56 bits per heavy atom. The monoisotopic (exact) mass is 335 g/mol. The van der Waals surface area contributed by atoms with E-state index in [-0.39, 0.29) is 16.7 Å². The Kier molecular flexibility index (Phi) is 6.73. The maximum absolute atomic E-state index is 11.9. The average Bonchev–Trinajstić information content (AvgIpc) is 2.78. The lowest BCUT2D eigenvalue weighted by atomic mass is 10.1. The van der Waals surface area contributed by atoms with Gasteiger partial charge in [-0.1, -0.05) is 34.3 Å². The summed E-state index contributed by atoms with van der Waals surface area (Å²) in [4.78, 5) is 12.8. The van der Waals surface area contributed by atoms with Crippen molar-refractivity contribution in [1.82, 2.24) is 14.9 Å². The number of hydrogen-bond acceptors (Lipinski definition) is 5. The highest BCUT2D eigenvalue weighted by atomic mass is 79.9. The summed E-state index contributed by atoms with van der Waals surface area (Å²) < 4.78 is 8.85. The van der Waals surface area contributed by atoms with Crippen LogP contribution in [0.4, 0.5) is 0 Å². The number of nitrogens with one attached hydrogen (secondary N) is 1. The van der Waals surface area contributed by atoms with E-state index in [1.165, 1.54) is 0 Å². The molecule has 0 saturated heterocycles. The first kappa shape index (κ1) is 15.5. The molecule has 102 valence electrons. The number of methoxy groups -OCH3 is 1. The van der Waals surface area contributed by atoms with Gasteiger partial charge in [0, 0.05) is 18.5 Å². The first-order valence-corrected chi connectivity index (χ1v) is 7.48. The van der Waals surface area contributed by atoms with Crippen LogP contribution in [0.15, 0.2) is 0 Å². The van der Waals surface area contributed by atoms with E-state index in [9.17, 15) is 4.79 Å². The standard InChI is InChI=1S/C11H18BrN3O2S/c1-7(2)9-10(18-15-14-9)11(16)13-5-4-8(12)6-17-3/h7-8H,4-6H2,1-3H3,(H,13,16). The van der Waals surface area contributed by atoms with Crippen molar-refractivity contribution in [3.05, 3.63) is 10.6 Å². The van der Waals surface area contributed by atoms with Gasteiger partial charge in [-0.05, 0) is 23.9 Å². The quantitative estimate of drug-likeness (QED) is 0.776. The second kappa shape index (κ2) is 7.81. The highest BCUT2D eigenvalue weighted by Gasteiger charge is 2.18. The third kappa shape index (κ3) is 4.62. The lowest BCUT2D eigenvalue weighted by Crippen LogP contribution is -2.27. The van der Waals surface area contributed by atoms with Gasteiger partial charge < -0.3 is 10.1 Å². The van der Waals surface area contributed by atoms with E-state index in [1.54, 1.807) is 7.11 Å². The summed E-state index contributed by atoms with van der Waals surface area (Å²) in [7, 11) is 1.66. The summed E-state index contributed by atoms with van der Waals surface area (Å²) in [6.45, 7) is 5.24. The van der Waals surface area contributed by atoms with Crippen LogP contribution in [0, 0.1) is 0 Å². The molecule has 1 heterocycles. The molecule has 1 aromatic rings. The largest absolute Gasteiger partial charge is 0.384 e. The zero-order valence-electron chi connectivity index (χ0n) is 10.8. The summed E-state index contributed by atoms with van der Waals surface area (Å²) >= 11 is 4.62. The molecular formula is C11H18BrN3O2S. The van der Waals surface area contributed by atoms with Crippen LogP contribution < -0.4 is 5.32 Å². The molecule has 7 heteroatoms. The molecular weight excluding hydrogens is 318 g/mol. The van der Waals surface area contributed by atoms with Gasteiger partial charge in [0.1, 0.15) is 4.88 Å². The van der Waals surface area contributed by atoms with E-state index >= 15 is 0 Å². The number of halogens is 1. The van der Waals surface area contributed by atoms with E-state index < -0.39 is 0 Å². The molecule has 1 rings (SSSR count). The number of carbonyl (C=O) groups excluding carboxylic acids is 1. The molecule has 0 saturated carbocycles. The molecule has 1 aromatic heterocycles. The number of aromatic nitrogens is 2. The third-order valence-electron chi connectivity index (χ3n) is 2.36. The lowest BCUT2D eigenvalue weighted by molar-refractivity contribution is 0.0954. The molecule has 0 aliphatic carbocycles. The highest BCUT2D eigenvalue weighted by molar-refractivity contribution is 9.09. The fourth-order valence-corrected chi connectivity index (χ4v) is 2.65. The number of hydrogen-bond donors (Lipinski definition) is 1. The predicted octanol–water partition coefficient (Wildman–Crippen LogP) is 2.19. The number of carbonyl (C=O) groups is 1. The Hall–Kier alpha value is -0.530. The molecule has 1 amide bonds. The van der Waals surface area contributed by atoms with Crippen LogP contribution in [0.5, 0.6) is 0 Å². The molecule has 0 aliphatic heterocycles. The second-order valence-corrected chi connectivity index (χ2v) is 6.29. The van der Waals surface area contributed by atoms with Crippen LogP contribution in [0.1, 0.15) is 41.6 Å². The van der Waals surface area contributed by atoms with E-state index in [2.05, 4.69) is 30.8 Å². The van der Waals surface area contributed by atoms with Crippen molar-refractivity contribution < 1.29 is 9.53 Å². The van der Waals surface area contributed by atoms with Gasteiger partial charge >= 0.3 is 0 Å². The highest BCUT2D eigenvalue weighted by Crippen LogP contribution is 2.19. The van der Waals surface area contributed by atoms with E-state index in [4.69, 9.17) is 4.74 Å². The summed E-state index contributed by atoms with van der Waals surface area (Å²) in [5, 5.41) is 6.86. The van der Waals surface area contributed by atoms with Crippen molar-refractivity contribution in [2.75, 3.05) is 20.3 Å². The van der Waals surface area contributed by atoms with Gasteiger partial charge in [0.2, 0.25) is 0 Å². The van der Waals surface area contributed by atoms with Crippen LogP contribution in [0.2, 0.25) is 0 Å². The van der Waals surface area contributed by atoms with Gasteiger partial charge in [-0.2, -0.15) is 0 Å². The minimum atomic E-state index is -0.0918. The summed E-state index contributed by atoms with van der Waals surface area (Å²) in [5.41, 5.74) is 0.768.